The number of benzene rings is 1. The zero-order valence-electron chi connectivity index (χ0n) is 14.1. The van der Waals surface area contributed by atoms with Gasteiger partial charge in [-0.05, 0) is 35.9 Å². The van der Waals surface area contributed by atoms with Crippen molar-refractivity contribution in [2.45, 2.75) is 6.04 Å². The minimum absolute atomic E-state index is 0.400. The number of furan rings is 1. The van der Waals surface area contributed by atoms with E-state index in [1.54, 1.807) is 24.3 Å². The van der Waals surface area contributed by atoms with Gasteiger partial charge in [0.05, 0.1) is 33.7 Å². The number of methoxy groups -OCH3 is 3. The van der Waals surface area contributed by atoms with Gasteiger partial charge in [0.15, 0.2) is 11.5 Å². The Hall–Kier alpha value is -3.40. The lowest BCUT2D eigenvalue weighted by Crippen LogP contribution is -2.25. The number of carbonyl (C=O) groups is 1. The lowest BCUT2D eigenvalue weighted by atomic mass is 10.1. The number of nitrogens with zero attached hydrogens (tertiary/aromatic N) is 1. The van der Waals surface area contributed by atoms with E-state index in [0.717, 1.165) is 0 Å². The molecular formula is C18H18N2O5. The van der Waals surface area contributed by atoms with Crippen LogP contribution in [0.25, 0.3) is 6.08 Å². The van der Waals surface area contributed by atoms with Gasteiger partial charge in [-0.25, -0.2) is 0 Å². The summed E-state index contributed by atoms with van der Waals surface area (Å²) in [7, 11) is 4.45. The Morgan fingerprint density at radius 2 is 1.92 bits per heavy atom. The van der Waals surface area contributed by atoms with Gasteiger partial charge in [0.1, 0.15) is 11.8 Å². The maximum Gasteiger partial charge on any atom is 0.245 e. The second-order valence-electron chi connectivity index (χ2n) is 4.88. The largest absolute Gasteiger partial charge is 0.493 e. The van der Waals surface area contributed by atoms with Crippen LogP contribution in [0.5, 0.6) is 17.2 Å². The normalized spacial score (nSPS) is 11.6. The van der Waals surface area contributed by atoms with Crippen LogP contribution >= 0.6 is 0 Å². The maximum atomic E-state index is 12.0. The predicted molar refractivity (Wildman–Crippen MR) is 90.3 cm³/mol. The molecule has 7 heteroatoms. The fourth-order valence-electron chi connectivity index (χ4n) is 2.19. The number of nitriles is 1. The molecule has 130 valence electrons. The molecule has 0 unspecified atom stereocenters. The highest BCUT2D eigenvalue weighted by molar-refractivity contribution is 5.91. The van der Waals surface area contributed by atoms with Crippen molar-refractivity contribution < 1.29 is 23.4 Å². The van der Waals surface area contributed by atoms with Gasteiger partial charge in [-0.1, -0.05) is 0 Å². The van der Waals surface area contributed by atoms with E-state index in [1.165, 1.54) is 39.7 Å². The molecule has 7 nitrogen and oxygen atoms in total. The minimum Gasteiger partial charge on any atom is -0.493 e. The fourth-order valence-corrected chi connectivity index (χ4v) is 2.19. The first-order valence-corrected chi connectivity index (χ1v) is 7.34. The first-order chi connectivity index (χ1) is 12.1. The molecule has 1 heterocycles. The average molecular weight is 342 g/mol. The lowest BCUT2D eigenvalue weighted by Gasteiger charge is -2.16. The fraction of sp³-hybridized carbons (Fsp3) is 0.222. The summed E-state index contributed by atoms with van der Waals surface area (Å²) in [4.78, 5) is 12.0. The molecule has 0 fully saturated rings. The molecule has 0 saturated heterocycles. The lowest BCUT2D eigenvalue weighted by molar-refractivity contribution is -0.116. The molecule has 0 aliphatic heterocycles. The summed E-state index contributed by atoms with van der Waals surface area (Å²) in [6, 6.07) is 7.82. The van der Waals surface area contributed by atoms with E-state index in [2.05, 4.69) is 5.32 Å². The summed E-state index contributed by atoms with van der Waals surface area (Å²) in [5, 5.41) is 12.0. The van der Waals surface area contributed by atoms with Crippen molar-refractivity contribution in [2.24, 2.45) is 0 Å². The Kier molecular flexibility index (Phi) is 6.07. The third-order valence-electron chi connectivity index (χ3n) is 3.38. The molecule has 1 aromatic carbocycles. The van der Waals surface area contributed by atoms with Gasteiger partial charge in [0.25, 0.3) is 0 Å². The van der Waals surface area contributed by atoms with Gasteiger partial charge in [-0.15, -0.1) is 0 Å². The molecule has 0 saturated carbocycles. The van der Waals surface area contributed by atoms with Crippen LogP contribution in [0.3, 0.4) is 0 Å². The van der Waals surface area contributed by atoms with Crippen LogP contribution in [0.2, 0.25) is 0 Å². The highest BCUT2D eigenvalue weighted by Gasteiger charge is 2.19. The number of rotatable bonds is 7. The van der Waals surface area contributed by atoms with Crippen LogP contribution in [-0.4, -0.2) is 27.2 Å². The van der Waals surface area contributed by atoms with Crippen LogP contribution in [-0.2, 0) is 4.79 Å². The topological polar surface area (TPSA) is 93.7 Å². The molecule has 1 amide bonds. The van der Waals surface area contributed by atoms with Gasteiger partial charge in [-0.2, -0.15) is 5.26 Å². The molecule has 1 N–H and O–H groups in total. The SMILES string of the molecule is COc1cc([C@H](C#N)NC(=O)/C=C/c2ccco2)cc(OC)c1OC. The van der Waals surface area contributed by atoms with Crippen molar-refractivity contribution in [1.29, 1.82) is 5.26 Å². The first-order valence-electron chi connectivity index (χ1n) is 7.34. The molecule has 0 radical (unpaired) electrons. The minimum atomic E-state index is -0.887. The van der Waals surface area contributed by atoms with Crippen LogP contribution in [0.1, 0.15) is 17.4 Å². The Labute approximate surface area is 145 Å². The molecular weight excluding hydrogens is 324 g/mol. The standard InChI is InChI=1S/C18H18N2O5/c1-22-15-9-12(10-16(23-2)18(15)24-3)14(11-19)20-17(21)7-6-13-5-4-8-25-13/h4-10,14H,1-3H3,(H,20,21)/b7-6+/t14-/m0/s1. The molecule has 0 aliphatic rings. The highest BCUT2D eigenvalue weighted by Crippen LogP contribution is 2.39. The molecule has 1 atom stereocenters. The zero-order chi connectivity index (χ0) is 18.2. The summed E-state index contributed by atoms with van der Waals surface area (Å²) < 4.78 is 20.9. The molecule has 0 spiro atoms. The monoisotopic (exact) mass is 342 g/mol. The van der Waals surface area contributed by atoms with E-state index in [1.807, 2.05) is 6.07 Å². The third-order valence-corrected chi connectivity index (χ3v) is 3.38. The Morgan fingerprint density at radius 1 is 1.24 bits per heavy atom. The van der Waals surface area contributed by atoms with Gasteiger partial charge in [0, 0.05) is 6.08 Å². The van der Waals surface area contributed by atoms with Crippen LogP contribution in [0.4, 0.5) is 0 Å². The summed E-state index contributed by atoms with van der Waals surface area (Å²) in [5.41, 5.74) is 0.511. The smallest absolute Gasteiger partial charge is 0.245 e. The van der Waals surface area contributed by atoms with E-state index in [4.69, 9.17) is 18.6 Å². The summed E-state index contributed by atoms with van der Waals surface area (Å²) >= 11 is 0. The maximum absolute atomic E-state index is 12.0. The third kappa shape index (κ3) is 4.32. The molecule has 2 rings (SSSR count). The van der Waals surface area contributed by atoms with E-state index < -0.39 is 11.9 Å². The van der Waals surface area contributed by atoms with Crippen LogP contribution < -0.4 is 19.5 Å². The van der Waals surface area contributed by atoms with Gasteiger partial charge < -0.3 is 23.9 Å². The van der Waals surface area contributed by atoms with Gasteiger partial charge in [0.2, 0.25) is 11.7 Å². The average Bonchev–Trinajstić information content (AvgIpc) is 3.16. The van der Waals surface area contributed by atoms with Crippen molar-refractivity contribution >= 4 is 12.0 Å². The quantitative estimate of drug-likeness (QED) is 0.778. The Balaban J connectivity index is 2.22. The summed E-state index contributed by atoms with van der Waals surface area (Å²) in [5.74, 6) is 1.32. The number of carbonyl (C=O) groups excluding carboxylic acids is 1. The summed E-state index contributed by atoms with van der Waals surface area (Å²) in [6.45, 7) is 0. The van der Waals surface area contributed by atoms with Gasteiger partial charge >= 0.3 is 0 Å². The van der Waals surface area contributed by atoms with E-state index >= 15 is 0 Å². The zero-order valence-corrected chi connectivity index (χ0v) is 14.1. The Bertz CT molecular complexity index is 765. The summed E-state index contributed by atoms with van der Waals surface area (Å²) in [6.07, 6.45) is 4.31. The van der Waals surface area contributed by atoms with Crippen molar-refractivity contribution in [3.63, 3.8) is 0 Å². The van der Waals surface area contributed by atoms with E-state index in [-0.39, 0.29) is 0 Å². The molecule has 2 aromatic rings. The highest BCUT2D eigenvalue weighted by atomic mass is 16.5. The Morgan fingerprint density at radius 3 is 2.40 bits per heavy atom. The second-order valence-corrected chi connectivity index (χ2v) is 4.88. The van der Waals surface area contributed by atoms with Gasteiger partial charge in [-0.3, -0.25) is 4.79 Å². The number of nitrogens with one attached hydrogen (secondary N) is 1. The van der Waals surface area contributed by atoms with Crippen molar-refractivity contribution in [2.75, 3.05) is 21.3 Å². The first kappa shape index (κ1) is 17.9. The number of hydrogen-bond donors (Lipinski definition) is 1. The van der Waals surface area contributed by atoms with Crippen LogP contribution in [0.15, 0.2) is 41.0 Å². The number of ether oxygens (including phenoxy) is 3. The molecule has 0 aliphatic carbocycles. The molecule has 1 aromatic heterocycles. The van der Waals surface area contributed by atoms with Crippen molar-refractivity contribution in [3.8, 4) is 23.3 Å². The van der Waals surface area contributed by atoms with Crippen molar-refractivity contribution in [1.82, 2.24) is 5.32 Å². The second kappa shape index (κ2) is 8.45. The van der Waals surface area contributed by atoms with Crippen molar-refractivity contribution in [3.05, 3.63) is 47.9 Å². The predicted octanol–water partition coefficient (Wildman–Crippen LogP) is 2.70. The molecule has 0 bridgehead atoms. The number of hydrogen-bond acceptors (Lipinski definition) is 6. The van der Waals surface area contributed by atoms with E-state index in [0.29, 0.717) is 28.6 Å². The van der Waals surface area contributed by atoms with Crippen LogP contribution in [0, 0.1) is 11.3 Å². The molecule has 25 heavy (non-hydrogen) atoms. The number of amides is 1. The van der Waals surface area contributed by atoms with E-state index in [9.17, 15) is 10.1 Å².